The fourth-order valence-corrected chi connectivity index (χ4v) is 1.96. The Kier molecular flexibility index (Phi) is 4.94. The maximum Gasteiger partial charge on any atom is 0.270 e. The molecule has 0 aromatic carbocycles. The Morgan fingerprint density at radius 3 is 2.76 bits per heavy atom. The second-order valence-electron chi connectivity index (χ2n) is 4.47. The molecule has 0 radical (unpaired) electrons. The molecule has 0 aliphatic rings. The maximum atomic E-state index is 12.0. The molecule has 1 heterocycles. The topological polar surface area (TPSA) is 42.0 Å². The maximum absolute atomic E-state index is 12.0. The predicted molar refractivity (Wildman–Crippen MR) is 70.5 cm³/mol. The minimum Gasteiger partial charge on any atom is -0.346 e. The summed E-state index contributed by atoms with van der Waals surface area (Å²) < 4.78 is 0. The third kappa shape index (κ3) is 4.00. The van der Waals surface area contributed by atoms with Crippen molar-refractivity contribution in [3.05, 3.63) is 29.6 Å². The largest absolute Gasteiger partial charge is 0.346 e. The molecule has 0 aliphatic heterocycles. The van der Waals surface area contributed by atoms with Gasteiger partial charge in [-0.1, -0.05) is 13.0 Å². The molecular formula is C13H19ClN2O. The van der Waals surface area contributed by atoms with Gasteiger partial charge in [-0.3, -0.25) is 4.79 Å². The van der Waals surface area contributed by atoms with Gasteiger partial charge in [0, 0.05) is 17.1 Å². The van der Waals surface area contributed by atoms with Crippen LogP contribution < -0.4 is 5.32 Å². The van der Waals surface area contributed by atoms with Crippen LogP contribution in [0, 0.1) is 6.92 Å². The summed E-state index contributed by atoms with van der Waals surface area (Å²) in [6.07, 6.45) is 1.60. The number of aryl methyl sites for hydroxylation is 1. The first-order valence-electron chi connectivity index (χ1n) is 5.83. The summed E-state index contributed by atoms with van der Waals surface area (Å²) in [6.45, 7) is 5.91. The van der Waals surface area contributed by atoms with Crippen LogP contribution in [0.4, 0.5) is 0 Å². The van der Waals surface area contributed by atoms with Crippen LogP contribution in [-0.2, 0) is 0 Å². The molecule has 3 nitrogen and oxygen atoms in total. The van der Waals surface area contributed by atoms with Crippen molar-refractivity contribution in [3.63, 3.8) is 0 Å². The summed E-state index contributed by atoms with van der Waals surface area (Å²) >= 11 is 5.75. The summed E-state index contributed by atoms with van der Waals surface area (Å²) in [5.41, 5.74) is 1.04. The van der Waals surface area contributed by atoms with Crippen LogP contribution in [0.1, 0.15) is 42.9 Å². The van der Waals surface area contributed by atoms with E-state index in [1.165, 1.54) is 0 Å². The van der Waals surface area contributed by atoms with Crippen LogP contribution in [0.2, 0.25) is 0 Å². The van der Waals surface area contributed by atoms with Crippen LogP contribution in [0.25, 0.3) is 0 Å². The first-order valence-corrected chi connectivity index (χ1v) is 6.36. The number of alkyl halides is 1. The lowest BCUT2D eigenvalue weighted by Gasteiger charge is -2.28. The fraction of sp³-hybridized carbons (Fsp3) is 0.538. The number of carbonyl (C=O) groups excluding carboxylic acids is 1. The van der Waals surface area contributed by atoms with Crippen molar-refractivity contribution in [1.82, 2.24) is 10.3 Å². The van der Waals surface area contributed by atoms with E-state index >= 15 is 0 Å². The molecule has 0 saturated heterocycles. The standard InChI is InChI=1S/C13H19ClN2O/c1-4-13(3,8-9-14)16-12(17)11-7-5-6-10(2)15-11/h5-7H,4,8-9H2,1-3H3,(H,16,17). The number of nitrogens with zero attached hydrogens (tertiary/aromatic N) is 1. The smallest absolute Gasteiger partial charge is 0.270 e. The van der Waals surface area contributed by atoms with Gasteiger partial charge >= 0.3 is 0 Å². The van der Waals surface area contributed by atoms with Gasteiger partial charge in [-0.2, -0.15) is 0 Å². The Morgan fingerprint density at radius 1 is 1.53 bits per heavy atom. The van der Waals surface area contributed by atoms with E-state index in [-0.39, 0.29) is 11.4 Å². The lowest BCUT2D eigenvalue weighted by molar-refractivity contribution is 0.0896. The number of amides is 1. The number of nitrogens with one attached hydrogen (secondary N) is 1. The van der Waals surface area contributed by atoms with E-state index in [0.29, 0.717) is 11.6 Å². The normalized spacial score (nSPS) is 14.1. The molecule has 4 heteroatoms. The van der Waals surface area contributed by atoms with Gasteiger partial charge in [-0.15, -0.1) is 11.6 Å². The van der Waals surface area contributed by atoms with Crippen molar-refractivity contribution in [3.8, 4) is 0 Å². The Labute approximate surface area is 108 Å². The van der Waals surface area contributed by atoms with Gasteiger partial charge < -0.3 is 5.32 Å². The molecule has 0 bridgehead atoms. The third-order valence-corrected chi connectivity index (χ3v) is 3.15. The lowest BCUT2D eigenvalue weighted by Crippen LogP contribution is -2.46. The Balaban J connectivity index is 2.77. The number of hydrogen-bond donors (Lipinski definition) is 1. The molecule has 1 aromatic heterocycles. The van der Waals surface area contributed by atoms with Crippen molar-refractivity contribution in [2.75, 3.05) is 5.88 Å². The number of carbonyl (C=O) groups is 1. The number of aromatic nitrogens is 1. The number of pyridine rings is 1. The van der Waals surface area contributed by atoms with Gasteiger partial charge in [0.05, 0.1) is 0 Å². The molecule has 0 aliphatic carbocycles. The van der Waals surface area contributed by atoms with Crippen molar-refractivity contribution in [1.29, 1.82) is 0 Å². The number of hydrogen-bond acceptors (Lipinski definition) is 2. The monoisotopic (exact) mass is 254 g/mol. The molecule has 0 fully saturated rings. The van der Waals surface area contributed by atoms with E-state index in [1.807, 2.05) is 32.9 Å². The third-order valence-electron chi connectivity index (χ3n) is 2.96. The van der Waals surface area contributed by atoms with Gasteiger partial charge in [-0.05, 0) is 38.8 Å². The number of halogens is 1. The van der Waals surface area contributed by atoms with Crippen molar-refractivity contribution in [2.45, 2.75) is 39.2 Å². The van der Waals surface area contributed by atoms with Gasteiger partial charge in [-0.25, -0.2) is 4.98 Å². The molecule has 94 valence electrons. The summed E-state index contributed by atoms with van der Waals surface area (Å²) in [4.78, 5) is 16.2. The average Bonchev–Trinajstić information content (AvgIpc) is 2.29. The first kappa shape index (κ1) is 14.0. The van der Waals surface area contributed by atoms with Gasteiger partial charge in [0.1, 0.15) is 5.69 Å². The van der Waals surface area contributed by atoms with E-state index in [9.17, 15) is 4.79 Å². The van der Waals surface area contributed by atoms with E-state index < -0.39 is 0 Å². The zero-order valence-electron chi connectivity index (χ0n) is 10.6. The Hall–Kier alpha value is -1.09. The molecule has 1 rings (SSSR count). The molecule has 0 saturated carbocycles. The average molecular weight is 255 g/mol. The van der Waals surface area contributed by atoms with E-state index in [2.05, 4.69) is 10.3 Å². The van der Waals surface area contributed by atoms with Crippen molar-refractivity contribution < 1.29 is 4.79 Å². The van der Waals surface area contributed by atoms with Crippen molar-refractivity contribution in [2.24, 2.45) is 0 Å². The summed E-state index contributed by atoms with van der Waals surface area (Å²) in [6, 6.07) is 5.43. The SMILES string of the molecule is CCC(C)(CCCl)NC(=O)c1cccc(C)n1. The van der Waals surface area contributed by atoms with Crippen LogP contribution in [0.5, 0.6) is 0 Å². The molecule has 1 N–H and O–H groups in total. The molecule has 1 atom stereocenters. The molecule has 1 amide bonds. The Morgan fingerprint density at radius 2 is 2.24 bits per heavy atom. The fourth-order valence-electron chi connectivity index (χ4n) is 1.54. The zero-order valence-corrected chi connectivity index (χ0v) is 11.3. The second kappa shape index (κ2) is 6.01. The molecule has 0 spiro atoms. The van der Waals surface area contributed by atoms with Crippen LogP contribution in [0.15, 0.2) is 18.2 Å². The quantitative estimate of drug-likeness (QED) is 0.821. The molecular weight excluding hydrogens is 236 g/mol. The highest BCUT2D eigenvalue weighted by atomic mass is 35.5. The molecule has 17 heavy (non-hydrogen) atoms. The van der Waals surface area contributed by atoms with E-state index in [1.54, 1.807) is 6.07 Å². The Bertz CT molecular complexity index is 395. The summed E-state index contributed by atoms with van der Waals surface area (Å²) in [5.74, 6) is 0.398. The van der Waals surface area contributed by atoms with Gasteiger partial charge in [0.25, 0.3) is 5.91 Å². The first-order chi connectivity index (χ1) is 8.00. The highest BCUT2D eigenvalue weighted by Crippen LogP contribution is 2.16. The van der Waals surface area contributed by atoms with Crippen LogP contribution in [-0.4, -0.2) is 22.3 Å². The minimum atomic E-state index is -0.260. The lowest BCUT2D eigenvalue weighted by atomic mass is 9.95. The predicted octanol–water partition coefficient (Wildman–Crippen LogP) is 2.92. The molecule has 1 aromatic rings. The number of rotatable bonds is 5. The minimum absolute atomic E-state index is 0.136. The van der Waals surface area contributed by atoms with E-state index in [0.717, 1.165) is 18.5 Å². The van der Waals surface area contributed by atoms with Crippen molar-refractivity contribution >= 4 is 17.5 Å². The summed E-state index contributed by atoms with van der Waals surface area (Å²) in [7, 11) is 0. The highest BCUT2D eigenvalue weighted by Gasteiger charge is 2.24. The highest BCUT2D eigenvalue weighted by molar-refractivity contribution is 6.17. The van der Waals surface area contributed by atoms with Gasteiger partial charge in [0.15, 0.2) is 0 Å². The molecule has 1 unspecified atom stereocenters. The zero-order chi connectivity index (χ0) is 12.9. The van der Waals surface area contributed by atoms with Crippen LogP contribution >= 0.6 is 11.6 Å². The second-order valence-corrected chi connectivity index (χ2v) is 4.85. The van der Waals surface area contributed by atoms with Gasteiger partial charge in [0.2, 0.25) is 0 Å². The van der Waals surface area contributed by atoms with Crippen LogP contribution in [0.3, 0.4) is 0 Å². The van der Waals surface area contributed by atoms with E-state index in [4.69, 9.17) is 11.6 Å². The summed E-state index contributed by atoms with van der Waals surface area (Å²) in [5, 5.41) is 3.00.